The van der Waals surface area contributed by atoms with E-state index in [1.807, 2.05) is 30.3 Å². The van der Waals surface area contributed by atoms with Gasteiger partial charge in [-0.15, -0.1) is 5.10 Å². The number of aliphatic hydroxyl groups is 3. The van der Waals surface area contributed by atoms with E-state index in [0.29, 0.717) is 12.2 Å². The summed E-state index contributed by atoms with van der Waals surface area (Å²) >= 11 is 0. The Morgan fingerprint density at radius 2 is 1.96 bits per heavy atom. The van der Waals surface area contributed by atoms with Crippen LogP contribution in [0.4, 0.5) is 0 Å². The molecule has 2 aromatic rings. The third kappa shape index (κ3) is 3.69. The second-order valence-electron chi connectivity index (χ2n) is 5.81. The van der Waals surface area contributed by atoms with Crippen molar-refractivity contribution < 1.29 is 29.6 Å². The van der Waals surface area contributed by atoms with Gasteiger partial charge in [0, 0.05) is 0 Å². The smallest absolute Gasteiger partial charge is 0.360 e. The van der Waals surface area contributed by atoms with Crippen LogP contribution in [0, 0.1) is 6.92 Å². The van der Waals surface area contributed by atoms with Crippen LogP contribution in [0.15, 0.2) is 30.3 Å². The van der Waals surface area contributed by atoms with Gasteiger partial charge in [-0.05, 0) is 12.5 Å². The highest BCUT2D eigenvalue weighted by Gasteiger charge is 2.42. The number of carbonyl (C=O) groups excluding carboxylic acids is 1. The summed E-state index contributed by atoms with van der Waals surface area (Å²) < 4.78 is 11.6. The summed E-state index contributed by atoms with van der Waals surface area (Å²) in [6.45, 7) is 1.85. The first-order chi connectivity index (χ1) is 12.0. The van der Waals surface area contributed by atoms with Crippen LogP contribution in [-0.2, 0) is 16.0 Å². The maximum absolute atomic E-state index is 12.2. The van der Waals surface area contributed by atoms with Crippen molar-refractivity contribution in [3.05, 3.63) is 47.3 Å². The van der Waals surface area contributed by atoms with Crippen molar-refractivity contribution in [2.75, 3.05) is 6.61 Å². The fraction of sp³-hybridized carbons (Fsp3) is 0.438. The highest BCUT2D eigenvalue weighted by atomic mass is 16.7. The van der Waals surface area contributed by atoms with Crippen molar-refractivity contribution in [2.45, 2.75) is 38.1 Å². The number of aliphatic hydroxyl groups excluding tert-OH is 3. The summed E-state index contributed by atoms with van der Waals surface area (Å²) in [5.41, 5.74) is 1.62. The summed E-state index contributed by atoms with van der Waals surface area (Å²) in [5.74, 6) is -0.719. The Hall–Kier alpha value is -2.33. The maximum Gasteiger partial charge on any atom is 0.360 e. The molecule has 1 aromatic heterocycles. The monoisotopic (exact) mass is 349 g/mol. The molecule has 0 unspecified atom stereocenters. The number of esters is 1. The zero-order chi connectivity index (χ0) is 18.0. The predicted octanol–water partition coefficient (Wildman–Crippen LogP) is -0.769. The molecule has 134 valence electrons. The molecule has 1 fully saturated rings. The summed E-state index contributed by atoms with van der Waals surface area (Å²) in [5, 5.41) is 36.2. The van der Waals surface area contributed by atoms with E-state index in [9.17, 15) is 20.1 Å². The number of hydrogen-bond acceptors (Lipinski definition) is 8. The third-order valence-corrected chi connectivity index (χ3v) is 4.07. The first-order valence-corrected chi connectivity index (χ1v) is 7.78. The molecule has 0 aliphatic carbocycles. The van der Waals surface area contributed by atoms with Gasteiger partial charge in [0.25, 0.3) is 0 Å². The highest BCUT2D eigenvalue weighted by molar-refractivity contribution is 5.88. The van der Waals surface area contributed by atoms with E-state index >= 15 is 0 Å². The molecule has 1 saturated heterocycles. The Morgan fingerprint density at radius 1 is 1.24 bits per heavy atom. The Kier molecular flexibility index (Phi) is 5.09. The van der Waals surface area contributed by atoms with Gasteiger partial charge in [-0.2, -0.15) is 0 Å². The third-order valence-electron chi connectivity index (χ3n) is 4.07. The number of carbonyl (C=O) groups is 1. The molecule has 0 bridgehead atoms. The van der Waals surface area contributed by atoms with Crippen LogP contribution in [0.3, 0.4) is 0 Å². The first-order valence-electron chi connectivity index (χ1n) is 7.78. The van der Waals surface area contributed by atoms with E-state index in [4.69, 9.17) is 9.47 Å². The lowest BCUT2D eigenvalue weighted by atomic mass is 10.1. The standard InChI is InChI=1S/C16H19N3O6/c1-9-12(17-18-19(9)7-10-5-3-2-4-6-10)15(22)24-8-11-13(20)14(21)16(23)25-11/h2-6,11,13-14,16,20-21,23H,7-8H2,1H3/t11-,13-,14-,16-/m1/s1. The molecule has 0 spiro atoms. The van der Waals surface area contributed by atoms with Crippen LogP contribution < -0.4 is 0 Å². The summed E-state index contributed by atoms with van der Waals surface area (Å²) in [6.07, 6.45) is -5.28. The van der Waals surface area contributed by atoms with Crippen molar-refractivity contribution in [2.24, 2.45) is 0 Å². The van der Waals surface area contributed by atoms with Crippen LogP contribution in [0.2, 0.25) is 0 Å². The summed E-state index contributed by atoms with van der Waals surface area (Å²) in [7, 11) is 0. The first kappa shape index (κ1) is 17.5. The summed E-state index contributed by atoms with van der Waals surface area (Å²) in [4.78, 5) is 12.2. The number of ether oxygens (including phenoxy) is 2. The lowest BCUT2D eigenvalue weighted by Gasteiger charge is -2.13. The fourth-order valence-corrected chi connectivity index (χ4v) is 2.55. The molecule has 25 heavy (non-hydrogen) atoms. The van der Waals surface area contributed by atoms with Crippen molar-refractivity contribution >= 4 is 5.97 Å². The predicted molar refractivity (Wildman–Crippen MR) is 83.5 cm³/mol. The van der Waals surface area contributed by atoms with Gasteiger partial charge in [-0.25, -0.2) is 9.48 Å². The van der Waals surface area contributed by atoms with Gasteiger partial charge in [0.1, 0.15) is 24.9 Å². The van der Waals surface area contributed by atoms with Gasteiger partial charge in [0.05, 0.1) is 12.2 Å². The molecule has 4 atom stereocenters. The van der Waals surface area contributed by atoms with Gasteiger partial charge >= 0.3 is 5.97 Å². The molecule has 0 radical (unpaired) electrons. The lowest BCUT2D eigenvalue weighted by Crippen LogP contribution is -2.34. The second-order valence-corrected chi connectivity index (χ2v) is 5.81. The Balaban J connectivity index is 1.61. The molecule has 0 amide bonds. The minimum absolute atomic E-state index is 0.0597. The zero-order valence-corrected chi connectivity index (χ0v) is 13.5. The topological polar surface area (TPSA) is 127 Å². The Morgan fingerprint density at radius 3 is 2.60 bits per heavy atom. The molecule has 3 N–H and O–H groups in total. The molecular weight excluding hydrogens is 330 g/mol. The normalized spacial score (nSPS) is 25.9. The van der Waals surface area contributed by atoms with Crippen molar-refractivity contribution in [3.63, 3.8) is 0 Å². The SMILES string of the molecule is Cc1c(C(=O)OC[C@H]2O[C@@H](O)[C@H](O)[C@@H]2O)nnn1Cc1ccccc1. The molecule has 0 saturated carbocycles. The van der Waals surface area contributed by atoms with Crippen LogP contribution in [-0.4, -0.2) is 67.5 Å². The Labute approximate surface area is 143 Å². The molecule has 9 heteroatoms. The van der Waals surface area contributed by atoms with Crippen LogP contribution in [0.1, 0.15) is 21.7 Å². The van der Waals surface area contributed by atoms with Crippen molar-refractivity contribution in [1.29, 1.82) is 0 Å². The average molecular weight is 349 g/mol. The number of rotatable bonds is 5. The van der Waals surface area contributed by atoms with E-state index in [0.717, 1.165) is 5.56 Å². The molecule has 9 nitrogen and oxygen atoms in total. The van der Waals surface area contributed by atoms with E-state index in [1.165, 1.54) is 0 Å². The lowest BCUT2D eigenvalue weighted by molar-refractivity contribution is -0.133. The van der Waals surface area contributed by atoms with E-state index in [1.54, 1.807) is 11.6 Å². The van der Waals surface area contributed by atoms with Crippen molar-refractivity contribution in [1.82, 2.24) is 15.0 Å². The van der Waals surface area contributed by atoms with Crippen LogP contribution >= 0.6 is 0 Å². The molecule has 1 aliphatic rings. The van der Waals surface area contributed by atoms with Gasteiger partial charge in [-0.3, -0.25) is 0 Å². The van der Waals surface area contributed by atoms with E-state index in [2.05, 4.69) is 10.3 Å². The van der Waals surface area contributed by atoms with E-state index in [-0.39, 0.29) is 12.3 Å². The van der Waals surface area contributed by atoms with E-state index < -0.39 is 30.6 Å². The molecular formula is C16H19N3O6. The number of aromatic nitrogens is 3. The van der Waals surface area contributed by atoms with Gasteiger partial charge in [0.15, 0.2) is 12.0 Å². The van der Waals surface area contributed by atoms with Gasteiger partial charge < -0.3 is 24.8 Å². The Bertz CT molecular complexity index is 735. The minimum Gasteiger partial charge on any atom is -0.458 e. The molecule has 2 heterocycles. The van der Waals surface area contributed by atoms with Crippen LogP contribution in [0.25, 0.3) is 0 Å². The largest absolute Gasteiger partial charge is 0.458 e. The maximum atomic E-state index is 12.2. The summed E-state index contributed by atoms with van der Waals surface area (Å²) in [6, 6.07) is 9.61. The number of nitrogens with zero attached hydrogens (tertiary/aromatic N) is 3. The van der Waals surface area contributed by atoms with Crippen molar-refractivity contribution in [3.8, 4) is 0 Å². The number of hydrogen-bond donors (Lipinski definition) is 3. The highest BCUT2D eigenvalue weighted by Crippen LogP contribution is 2.20. The van der Waals surface area contributed by atoms with Crippen LogP contribution in [0.5, 0.6) is 0 Å². The second kappa shape index (κ2) is 7.28. The molecule has 1 aromatic carbocycles. The average Bonchev–Trinajstić information content (AvgIpc) is 3.09. The quantitative estimate of drug-likeness (QED) is 0.601. The van der Waals surface area contributed by atoms with Gasteiger partial charge in [-0.1, -0.05) is 35.5 Å². The molecule has 1 aliphatic heterocycles. The van der Waals surface area contributed by atoms with Gasteiger partial charge in [0.2, 0.25) is 0 Å². The number of benzene rings is 1. The zero-order valence-electron chi connectivity index (χ0n) is 13.5. The minimum atomic E-state index is -1.51. The molecule has 3 rings (SSSR count). The fourth-order valence-electron chi connectivity index (χ4n) is 2.55.